The van der Waals surface area contributed by atoms with Crippen molar-refractivity contribution in [2.24, 2.45) is 22.6 Å². The Hall–Kier alpha value is -4.08. The Bertz CT molecular complexity index is 1440. The summed E-state index contributed by atoms with van der Waals surface area (Å²) in [6.45, 7) is 9.45. The molecule has 2 amide bonds. The molecule has 5 atom stereocenters. The fourth-order valence-corrected chi connectivity index (χ4v) is 5.86. The number of rotatable bonds is 11. The summed E-state index contributed by atoms with van der Waals surface area (Å²) in [5.74, 6) is 2.77. The predicted octanol–water partition coefficient (Wildman–Crippen LogP) is 4.18. The first kappa shape index (κ1) is 31.8. The first-order valence-electron chi connectivity index (χ1n) is 14.6. The molecular weight excluding hydrogens is 544 g/mol. The summed E-state index contributed by atoms with van der Waals surface area (Å²) < 4.78 is 0. The van der Waals surface area contributed by atoms with Crippen LogP contribution >= 0.6 is 0 Å². The van der Waals surface area contributed by atoms with Crippen LogP contribution in [0.3, 0.4) is 0 Å². The lowest BCUT2D eigenvalue weighted by molar-refractivity contribution is -0.162. The van der Waals surface area contributed by atoms with E-state index in [1.54, 1.807) is 12.4 Å². The second-order valence-electron chi connectivity index (χ2n) is 12.6. The maximum absolute atomic E-state index is 13.9. The third-order valence-corrected chi connectivity index (χ3v) is 8.53. The number of aromatic nitrogens is 1. The summed E-state index contributed by atoms with van der Waals surface area (Å²) in [6, 6.07) is 18.8. The molecule has 2 aromatic carbocycles. The molecule has 5 N–H and O–H groups in total. The molecule has 43 heavy (non-hydrogen) atoms. The zero-order valence-electron chi connectivity index (χ0n) is 25.5. The zero-order chi connectivity index (χ0) is 31.4. The summed E-state index contributed by atoms with van der Waals surface area (Å²) in [5.41, 5.74) is 3.27. The van der Waals surface area contributed by atoms with Gasteiger partial charge in [0.1, 0.15) is 6.04 Å². The molecule has 0 spiro atoms. The van der Waals surface area contributed by atoms with E-state index in [2.05, 4.69) is 57.7 Å². The minimum absolute atomic E-state index is 0.266. The van der Waals surface area contributed by atoms with Crippen molar-refractivity contribution >= 4 is 17.8 Å². The van der Waals surface area contributed by atoms with E-state index >= 15 is 0 Å². The van der Waals surface area contributed by atoms with Gasteiger partial charge in [0.2, 0.25) is 11.8 Å². The van der Waals surface area contributed by atoms with Crippen molar-refractivity contribution in [2.75, 3.05) is 0 Å². The van der Waals surface area contributed by atoms with Crippen LogP contribution in [0.1, 0.15) is 63.3 Å². The molecule has 0 aliphatic heterocycles. The van der Waals surface area contributed by atoms with Crippen molar-refractivity contribution in [3.8, 4) is 11.1 Å². The SMILES string of the molecule is Cc1cc(CCC2CC2(C(=O)N[C@H](C(=O)N[C@H](C)c2ccncc2)C(C)(C)C)[C@H](O)C(=O)ON)ccc1-c1ccccc1. The number of aliphatic hydroxyl groups excluding tert-OH is 1. The number of pyridine rings is 1. The molecule has 4 rings (SSSR count). The highest BCUT2D eigenvalue weighted by molar-refractivity contribution is 5.96. The highest BCUT2D eigenvalue weighted by Crippen LogP contribution is 2.58. The largest absolute Gasteiger partial charge is 0.380 e. The van der Waals surface area contributed by atoms with Gasteiger partial charge >= 0.3 is 5.97 Å². The number of amides is 2. The molecule has 1 heterocycles. The van der Waals surface area contributed by atoms with Crippen molar-refractivity contribution in [3.63, 3.8) is 0 Å². The number of nitrogens with one attached hydrogen (secondary N) is 2. The maximum Gasteiger partial charge on any atom is 0.354 e. The highest BCUT2D eigenvalue weighted by atomic mass is 16.7. The molecule has 0 radical (unpaired) electrons. The van der Waals surface area contributed by atoms with Gasteiger partial charge in [0.25, 0.3) is 0 Å². The Morgan fingerprint density at radius 3 is 2.35 bits per heavy atom. The van der Waals surface area contributed by atoms with Crippen LogP contribution in [0.15, 0.2) is 73.1 Å². The lowest BCUT2D eigenvalue weighted by Crippen LogP contribution is -2.57. The second-order valence-corrected chi connectivity index (χ2v) is 12.6. The summed E-state index contributed by atoms with van der Waals surface area (Å²) in [5, 5.41) is 16.8. The lowest BCUT2D eigenvalue weighted by atomic mass is 9.84. The van der Waals surface area contributed by atoms with Gasteiger partial charge in [0.15, 0.2) is 6.10 Å². The first-order valence-corrected chi connectivity index (χ1v) is 14.6. The Kier molecular flexibility index (Phi) is 9.67. The van der Waals surface area contributed by atoms with Gasteiger partial charge in [-0.15, -0.1) is 0 Å². The minimum atomic E-state index is -1.76. The van der Waals surface area contributed by atoms with E-state index in [-0.39, 0.29) is 24.3 Å². The second kappa shape index (κ2) is 13.1. The van der Waals surface area contributed by atoms with Crippen LogP contribution in [0, 0.1) is 23.7 Å². The van der Waals surface area contributed by atoms with Gasteiger partial charge in [0.05, 0.1) is 11.5 Å². The molecular formula is C34H42N4O5. The average molecular weight is 587 g/mol. The van der Waals surface area contributed by atoms with Gasteiger partial charge in [-0.25, -0.2) is 4.79 Å². The Morgan fingerprint density at radius 1 is 1.07 bits per heavy atom. The van der Waals surface area contributed by atoms with Gasteiger partial charge in [-0.1, -0.05) is 69.3 Å². The smallest absolute Gasteiger partial charge is 0.354 e. The van der Waals surface area contributed by atoms with Crippen LogP contribution in [0.25, 0.3) is 11.1 Å². The maximum atomic E-state index is 13.9. The number of carbonyl (C=O) groups is 3. The van der Waals surface area contributed by atoms with Crippen molar-refractivity contribution in [1.29, 1.82) is 0 Å². The van der Waals surface area contributed by atoms with Gasteiger partial charge in [-0.2, -0.15) is 5.90 Å². The van der Waals surface area contributed by atoms with E-state index < -0.39 is 34.9 Å². The molecule has 0 bridgehead atoms. The van der Waals surface area contributed by atoms with Crippen LogP contribution in [0.5, 0.6) is 0 Å². The molecule has 1 saturated carbocycles. The fourth-order valence-electron chi connectivity index (χ4n) is 5.86. The number of aliphatic hydroxyl groups is 1. The summed E-state index contributed by atoms with van der Waals surface area (Å²) in [7, 11) is 0. The predicted molar refractivity (Wildman–Crippen MR) is 164 cm³/mol. The highest BCUT2D eigenvalue weighted by Gasteiger charge is 2.66. The average Bonchev–Trinajstić information content (AvgIpc) is 3.73. The van der Waals surface area contributed by atoms with Crippen molar-refractivity contribution < 1.29 is 24.3 Å². The molecule has 9 nitrogen and oxygen atoms in total. The number of benzene rings is 2. The topological polar surface area (TPSA) is 144 Å². The quantitative estimate of drug-likeness (QED) is 0.247. The van der Waals surface area contributed by atoms with E-state index in [0.717, 1.165) is 27.8 Å². The van der Waals surface area contributed by atoms with E-state index in [4.69, 9.17) is 5.90 Å². The molecule has 1 aliphatic rings. The molecule has 1 aromatic heterocycles. The number of nitrogens with two attached hydrogens (primary N) is 1. The Balaban J connectivity index is 1.49. The Labute approximate surface area is 253 Å². The number of aryl methyl sites for hydroxylation is 2. The monoisotopic (exact) mass is 586 g/mol. The third kappa shape index (κ3) is 7.12. The molecule has 9 heteroatoms. The van der Waals surface area contributed by atoms with E-state index in [9.17, 15) is 19.5 Å². The van der Waals surface area contributed by atoms with Crippen LogP contribution < -0.4 is 16.5 Å². The summed E-state index contributed by atoms with van der Waals surface area (Å²) in [6.07, 6.45) is 3.00. The van der Waals surface area contributed by atoms with E-state index in [1.807, 2.05) is 58.0 Å². The van der Waals surface area contributed by atoms with E-state index in [1.165, 1.54) is 0 Å². The standard InChI is InChI=1S/C34H42N4O5/c1-21-19-23(12-14-27(21)25-9-7-6-8-10-25)11-13-26-20-34(26,29(39)31(41)43-35)32(42)38-28(33(3,4)5)30(40)37-22(2)24-15-17-36-18-16-24/h6-10,12,14-19,22,26,28-29,39H,11,13,20,35H2,1-5H3,(H,37,40)(H,38,42)/t22-,26?,28-,29-,34?/m1/s1. The van der Waals surface area contributed by atoms with E-state index in [0.29, 0.717) is 12.8 Å². The van der Waals surface area contributed by atoms with Gasteiger partial charge < -0.3 is 20.6 Å². The summed E-state index contributed by atoms with van der Waals surface area (Å²) in [4.78, 5) is 48.1. The number of nitrogens with zero attached hydrogens (tertiary/aromatic N) is 1. The number of carbonyl (C=O) groups excluding carboxylic acids is 3. The van der Waals surface area contributed by atoms with Crippen molar-refractivity contribution in [3.05, 3.63) is 89.7 Å². The van der Waals surface area contributed by atoms with Crippen LogP contribution in [-0.4, -0.2) is 40.0 Å². The van der Waals surface area contributed by atoms with Crippen LogP contribution in [0.4, 0.5) is 0 Å². The molecule has 228 valence electrons. The fraction of sp³-hybridized carbons (Fsp3) is 0.412. The van der Waals surface area contributed by atoms with Gasteiger partial charge in [-0.05, 0) is 84.4 Å². The number of hydrogen-bond acceptors (Lipinski definition) is 7. The van der Waals surface area contributed by atoms with Crippen molar-refractivity contribution in [1.82, 2.24) is 15.6 Å². The van der Waals surface area contributed by atoms with Crippen LogP contribution in [-0.2, 0) is 25.6 Å². The minimum Gasteiger partial charge on any atom is -0.380 e. The first-order chi connectivity index (χ1) is 20.4. The summed E-state index contributed by atoms with van der Waals surface area (Å²) >= 11 is 0. The lowest BCUT2D eigenvalue weighted by Gasteiger charge is -2.33. The molecule has 3 aromatic rings. The molecule has 1 aliphatic carbocycles. The van der Waals surface area contributed by atoms with Gasteiger partial charge in [-0.3, -0.25) is 14.6 Å². The molecule has 1 fully saturated rings. The van der Waals surface area contributed by atoms with Crippen molar-refractivity contribution in [2.45, 2.75) is 72.1 Å². The zero-order valence-corrected chi connectivity index (χ0v) is 25.5. The van der Waals surface area contributed by atoms with Gasteiger partial charge in [0, 0.05) is 12.4 Å². The third-order valence-electron chi connectivity index (χ3n) is 8.53. The van der Waals surface area contributed by atoms with Crippen LogP contribution in [0.2, 0.25) is 0 Å². The molecule has 2 unspecified atom stereocenters. The number of hydrogen-bond donors (Lipinski definition) is 4. The molecule has 0 saturated heterocycles. The normalized spacial score (nSPS) is 19.9. The Morgan fingerprint density at radius 2 is 1.74 bits per heavy atom.